The van der Waals surface area contributed by atoms with E-state index in [1.807, 2.05) is 18.2 Å². The molecule has 0 aromatic heterocycles. The molecule has 7 heteroatoms. The maximum atomic E-state index is 11.7. The molecule has 4 nitrogen and oxygen atoms in total. The zero-order valence-electron chi connectivity index (χ0n) is 11.6. The van der Waals surface area contributed by atoms with Crippen LogP contribution in [0.15, 0.2) is 51.1 Å². The molecule has 4 rings (SSSR count). The Hall–Kier alpha value is -1.67. The van der Waals surface area contributed by atoms with E-state index in [9.17, 15) is 13.0 Å². The highest BCUT2D eigenvalue weighted by molar-refractivity contribution is 7.86. The van der Waals surface area contributed by atoms with E-state index >= 15 is 0 Å². The molecule has 116 valence electrons. The van der Waals surface area contributed by atoms with Gasteiger partial charge in [0.05, 0.1) is 0 Å². The summed E-state index contributed by atoms with van der Waals surface area (Å²) in [5.41, 5.74) is 6.32. The van der Waals surface area contributed by atoms with E-state index in [0.717, 1.165) is 31.3 Å². The maximum Gasteiger partial charge on any atom is 0.295 e. The van der Waals surface area contributed by atoms with Gasteiger partial charge < -0.3 is 5.73 Å². The van der Waals surface area contributed by atoms with Crippen LogP contribution in [0, 0.1) is 0 Å². The minimum Gasteiger partial charge on any atom is -0.398 e. The Morgan fingerprint density at radius 2 is 1.30 bits per heavy atom. The summed E-state index contributed by atoms with van der Waals surface area (Å²) in [6.45, 7) is 0. The zero-order valence-corrected chi connectivity index (χ0v) is 14.2. The standard InChI is InChI=1S/C16H11NO3S3/c17-11-5-14(23(18,19)20)10-4-3-9-13(22)6-12(21)8-2-1-7(11)15(10)16(8)9/h1-6,21-22H,17H2,(H,18,19,20). The predicted molar refractivity (Wildman–Crippen MR) is 98.9 cm³/mol. The van der Waals surface area contributed by atoms with Crippen molar-refractivity contribution in [1.82, 2.24) is 0 Å². The van der Waals surface area contributed by atoms with Crippen molar-refractivity contribution in [1.29, 1.82) is 0 Å². The van der Waals surface area contributed by atoms with Crippen LogP contribution in [0.1, 0.15) is 0 Å². The van der Waals surface area contributed by atoms with Crippen LogP contribution >= 0.6 is 25.3 Å². The van der Waals surface area contributed by atoms with E-state index in [1.165, 1.54) is 6.07 Å². The van der Waals surface area contributed by atoms with Crippen LogP contribution in [-0.2, 0) is 10.1 Å². The zero-order chi connectivity index (χ0) is 16.5. The minimum absolute atomic E-state index is 0.192. The van der Waals surface area contributed by atoms with E-state index < -0.39 is 10.1 Å². The van der Waals surface area contributed by atoms with Gasteiger partial charge in [0.15, 0.2) is 0 Å². The molecule has 4 aromatic rings. The largest absolute Gasteiger partial charge is 0.398 e. The van der Waals surface area contributed by atoms with Gasteiger partial charge in [0.25, 0.3) is 10.1 Å². The second-order valence-electron chi connectivity index (χ2n) is 5.43. The molecule has 0 bridgehead atoms. The fraction of sp³-hybridized carbons (Fsp3) is 0. The first-order valence-corrected chi connectivity index (χ1v) is 9.02. The molecule has 0 aliphatic carbocycles. The number of nitrogen functional groups attached to an aromatic ring is 1. The van der Waals surface area contributed by atoms with Gasteiger partial charge in [0.1, 0.15) is 4.90 Å². The van der Waals surface area contributed by atoms with Gasteiger partial charge in [0, 0.05) is 31.6 Å². The van der Waals surface area contributed by atoms with E-state index in [0.29, 0.717) is 16.5 Å². The van der Waals surface area contributed by atoms with Crippen LogP contribution in [0.2, 0.25) is 0 Å². The van der Waals surface area contributed by atoms with Crippen LogP contribution in [0.3, 0.4) is 0 Å². The first kappa shape index (κ1) is 14.9. The van der Waals surface area contributed by atoms with Crippen molar-refractivity contribution in [3.05, 3.63) is 36.4 Å². The number of hydrogen-bond acceptors (Lipinski definition) is 5. The Labute approximate surface area is 143 Å². The Balaban J connectivity index is 2.43. The van der Waals surface area contributed by atoms with Crippen molar-refractivity contribution in [2.75, 3.05) is 5.73 Å². The summed E-state index contributed by atoms with van der Waals surface area (Å²) in [4.78, 5) is 1.29. The monoisotopic (exact) mass is 361 g/mol. The molecule has 0 radical (unpaired) electrons. The van der Waals surface area contributed by atoms with Crippen molar-refractivity contribution in [3.63, 3.8) is 0 Å². The second kappa shape index (κ2) is 4.67. The first-order valence-electron chi connectivity index (χ1n) is 6.68. The third-order valence-electron chi connectivity index (χ3n) is 4.13. The van der Waals surface area contributed by atoms with Gasteiger partial charge in [-0.05, 0) is 28.3 Å². The quantitative estimate of drug-likeness (QED) is 0.179. The normalized spacial score (nSPS) is 12.7. The average molecular weight is 361 g/mol. The van der Waals surface area contributed by atoms with Crippen molar-refractivity contribution in [2.45, 2.75) is 14.7 Å². The predicted octanol–water partition coefficient (Wildman–Crippen LogP) is 3.99. The molecule has 23 heavy (non-hydrogen) atoms. The topological polar surface area (TPSA) is 80.4 Å². The van der Waals surface area contributed by atoms with Gasteiger partial charge in [0.2, 0.25) is 0 Å². The number of nitrogens with two attached hydrogens (primary N) is 1. The molecule has 0 amide bonds. The molecule has 0 spiro atoms. The Bertz CT molecular complexity index is 1190. The van der Waals surface area contributed by atoms with Crippen molar-refractivity contribution in [2.24, 2.45) is 0 Å². The average Bonchev–Trinajstić information content (AvgIpc) is 2.48. The Morgan fingerprint density at radius 1 is 0.826 bits per heavy atom. The van der Waals surface area contributed by atoms with E-state index in [4.69, 9.17) is 5.73 Å². The van der Waals surface area contributed by atoms with Crippen molar-refractivity contribution in [3.8, 4) is 0 Å². The third-order valence-corrected chi connectivity index (χ3v) is 5.76. The smallest absolute Gasteiger partial charge is 0.295 e. The molecule has 4 aromatic carbocycles. The number of rotatable bonds is 1. The van der Waals surface area contributed by atoms with Gasteiger partial charge in [-0.1, -0.05) is 24.3 Å². The Kier molecular flexibility index (Phi) is 3.02. The lowest BCUT2D eigenvalue weighted by atomic mass is 9.93. The molecule has 0 unspecified atom stereocenters. The van der Waals surface area contributed by atoms with E-state index in [-0.39, 0.29) is 4.90 Å². The van der Waals surface area contributed by atoms with Gasteiger partial charge in [-0.15, -0.1) is 25.3 Å². The molecule has 0 fully saturated rings. The summed E-state index contributed by atoms with van der Waals surface area (Å²) >= 11 is 8.98. The highest BCUT2D eigenvalue weighted by atomic mass is 32.2. The van der Waals surface area contributed by atoms with Crippen LogP contribution < -0.4 is 5.73 Å². The first-order chi connectivity index (χ1) is 10.8. The summed E-state index contributed by atoms with van der Waals surface area (Å²) in [5.74, 6) is 0. The molecular weight excluding hydrogens is 350 g/mol. The maximum absolute atomic E-state index is 11.7. The fourth-order valence-electron chi connectivity index (χ4n) is 3.16. The number of benzene rings is 4. The lowest BCUT2D eigenvalue weighted by Crippen LogP contribution is -2.02. The van der Waals surface area contributed by atoms with Crippen LogP contribution in [0.4, 0.5) is 5.69 Å². The second-order valence-corrected chi connectivity index (χ2v) is 7.78. The molecular formula is C16H11NO3S3. The van der Waals surface area contributed by atoms with Crippen LogP contribution in [0.25, 0.3) is 32.3 Å². The summed E-state index contributed by atoms with van der Waals surface area (Å²) in [7, 11) is -4.39. The lowest BCUT2D eigenvalue weighted by Gasteiger charge is -2.16. The van der Waals surface area contributed by atoms with Crippen LogP contribution in [-0.4, -0.2) is 13.0 Å². The van der Waals surface area contributed by atoms with E-state index in [1.54, 1.807) is 12.1 Å². The van der Waals surface area contributed by atoms with Gasteiger partial charge in [-0.2, -0.15) is 8.42 Å². The molecule has 0 heterocycles. The molecule has 0 saturated carbocycles. The summed E-state index contributed by atoms with van der Waals surface area (Å²) in [5, 5.41) is 4.46. The molecule has 0 atom stereocenters. The van der Waals surface area contributed by atoms with E-state index in [2.05, 4.69) is 25.3 Å². The Morgan fingerprint density at radius 3 is 1.87 bits per heavy atom. The van der Waals surface area contributed by atoms with Crippen LogP contribution in [0.5, 0.6) is 0 Å². The third kappa shape index (κ3) is 2.01. The van der Waals surface area contributed by atoms with Gasteiger partial charge in [-0.3, -0.25) is 4.55 Å². The number of hydrogen-bond donors (Lipinski definition) is 4. The highest BCUT2D eigenvalue weighted by Gasteiger charge is 2.21. The SMILES string of the molecule is Nc1cc(S(=O)(=O)O)c2ccc3c(S)cc(S)c4ccc1c2c43. The summed E-state index contributed by atoms with van der Waals surface area (Å²) < 4.78 is 33.0. The number of anilines is 1. The van der Waals surface area contributed by atoms with Crippen molar-refractivity contribution >= 4 is 73.4 Å². The fourth-order valence-corrected chi connectivity index (χ4v) is 4.62. The summed E-state index contributed by atoms with van der Waals surface area (Å²) in [6.07, 6.45) is 0. The lowest BCUT2D eigenvalue weighted by molar-refractivity contribution is 0.484. The molecule has 0 saturated heterocycles. The van der Waals surface area contributed by atoms with Gasteiger partial charge >= 0.3 is 0 Å². The van der Waals surface area contributed by atoms with Gasteiger partial charge in [-0.25, -0.2) is 0 Å². The highest BCUT2D eigenvalue weighted by Crippen LogP contribution is 2.43. The molecule has 0 aliphatic rings. The number of thiol groups is 2. The summed E-state index contributed by atoms with van der Waals surface area (Å²) in [6, 6.07) is 10.4. The van der Waals surface area contributed by atoms with Crippen molar-refractivity contribution < 1.29 is 13.0 Å². The molecule has 0 aliphatic heterocycles. The molecule has 3 N–H and O–H groups in total. The minimum atomic E-state index is -4.39.